The molecule has 0 atom stereocenters. The Labute approximate surface area is 174 Å². The van der Waals surface area contributed by atoms with Gasteiger partial charge in [0.1, 0.15) is 0 Å². The third-order valence-electron chi connectivity index (χ3n) is 4.83. The van der Waals surface area contributed by atoms with Crippen molar-refractivity contribution >= 4 is 34.7 Å². The Morgan fingerprint density at radius 3 is 2.54 bits per heavy atom. The number of rotatable bonds is 6. The maximum Gasteiger partial charge on any atom is 0.234 e. The molecule has 1 N–H and O–H groups in total. The average Bonchev–Trinajstić information content (AvgIpc) is 3.20. The zero-order valence-corrected chi connectivity index (χ0v) is 18.8. The van der Waals surface area contributed by atoms with Crippen molar-refractivity contribution in [1.29, 1.82) is 0 Å². The Hall–Kier alpha value is -2.12. The number of anilines is 1. The average molecular weight is 415 g/mol. The minimum absolute atomic E-state index is 0.0457. The summed E-state index contributed by atoms with van der Waals surface area (Å²) in [6.45, 7) is 12.6. The molecule has 148 valence electrons. The Bertz CT molecular complexity index is 1000. The molecule has 3 aromatic rings. The van der Waals surface area contributed by atoms with E-state index in [0.717, 1.165) is 27.8 Å². The van der Waals surface area contributed by atoms with Gasteiger partial charge >= 0.3 is 0 Å². The number of nitrogens with one attached hydrogen (secondary N) is 1. The highest BCUT2D eigenvalue weighted by molar-refractivity contribution is 7.99. The van der Waals surface area contributed by atoms with Crippen LogP contribution in [-0.2, 0) is 4.79 Å². The molecular formula is C21H26N4OS2. The van der Waals surface area contributed by atoms with E-state index in [1.54, 1.807) is 11.3 Å². The van der Waals surface area contributed by atoms with Crippen LogP contribution in [0.2, 0.25) is 0 Å². The monoisotopic (exact) mass is 414 g/mol. The summed E-state index contributed by atoms with van der Waals surface area (Å²) in [6.07, 6.45) is 0. The summed E-state index contributed by atoms with van der Waals surface area (Å²) in [7, 11) is 0. The SMILES string of the molecule is Cc1ccc(NC(=O)CSc2nnc(-c3csc(C)c3C)n2C(C)C)cc1C. The maximum absolute atomic E-state index is 12.4. The van der Waals surface area contributed by atoms with Gasteiger partial charge in [-0.1, -0.05) is 17.8 Å². The van der Waals surface area contributed by atoms with Gasteiger partial charge in [-0.2, -0.15) is 0 Å². The van der Waals surface area contributed by atoms with E-state index in [1.807, 2.05) is 25.1 Å². The lowest BCUT2D eigenvalue weighted by Crippen LogP contribution is -2.15. The van der Waals surface area contributed by atoms with Gasteiger partial charge in [0.2, 0.25) is 5.91 Å². The van der Waals surface area contributed by atoms with Crippen molar-refractivity contribution in [2.75, 3.05) is 11.1 Å². The van der Waals surface area contributed by atoms with E-state index in [1.165, 1.54) is 27.8 Å². The highest BCUT2D eigenvalue weighted by atomic mass is 32.2. The lowest BCUT2D eigenvalue weighted by atomic mass is 10.1. The molecule has 3 rings (SSSR count). The normalized spacial score (nSPS) is 11.2. The Balaban J connectivity index is 1.74. The summed E-state index contributed by atoms with van der Waals surface area (Å²) >= 11 is 3.14. The number of benzene rings is 1. The third-order valence-corrected chi connectivity index (χ3v) is 6.79. The fraction of sp³-hybridized carbons (Fsp3) is 0.381. The number of thioether (sulfide) groups is 1. The molecule has 7 heteroatoms. The lowest BCUT2D eigenvalue weighted by molar-refractivity contribution is -0.113. The summed E-state index contributed by atoms with van der Waals surface area (Å²) in [4.78, 5) is 13.7. The van der Waals surface area contributed by atoms with Gasteiger partial charge in [0.15, 0.2) is 11.0 Å². The topological polar surface area (TPSA) is 59.8 Å². The number of amides is 1. The first kappa shape index (κ1) is 20.6. The molecule has 0 radical (unpaired) electrons. The van der Waals surface area contributed by atoms with E-state index in [-0.39, 0.29) is 11.9 Å². The van der Waals surface area contributed by atoms with Crippen LogP contribution in [0.4, 0.5) is 5.69 Å². The van der Waals surface area contributed by atoms with Crippen LogP contribution in [0.5, 0.6) is 0 Å². The number of carbonyl (C=O) groups is 1. The molecule has 2 heterocycles. The number of aryl methyl sites for hydroxylation is 3. The molecule has 28 heavy (non-hydrogen) atoms. The van der Waals surface area contributed by atoms with Crippen molar-refractivity contribution in [1.82, 2.24) is 14.8 Å². The summed E-state index contributed by atoms with van der Waals surface area (Å²) in [5.74, 6) is 1.11. The minimum Gasteiger partial charge on any atom is -0.325 e. The first-order chi connectivity index (χ1) is 13.3. The second-order valence-electron chi connectivity index (χ2n) is 7.24. The Kier molecular flexibility index (Phi) is 6.25. The smallest absolute Gasteiger partial charge is 0.234 e. The fourth-order valence-electron chi connectivity index (χ4n) is 2.91. The van der Waals surface area contributed by atoms with Crippen LogP contribution >= 0.6 is 23.1 Å². The van der Waals surface area contributed by atoms with Gasteiger partial charge in [-0.3, -0.25) is 9.36 Å². The zero-order valence-electron chi connectivity index (χ0n) is 17.2. The number of thiophene rings is 1. The molecule has 0 bridgehead atoms. The summed E-state index contributed by atoms with van der Waals surface area (Å²) in [5, 5.41) is 14.7. The van der Waals surface area contributed by atoms with Gasteiger partial charge in [0, 0.05) is 27.5 Å². The standard InChI is InChI=1S/C21H26N4OS2/c1-12(2)25-20(18-10-27-16(6)15(18)5)23-24-21(25)28-11-19(26)22-17-8-7-13(3)14(4)9-17/h7-10,12H,11H2,1-6H3,(H,22,26). The molecule has 5 nitrogen and oxygen atoms in total. The largest absolute Gasteiger partial charge is 0.325 e. The van der Waals surface area contributed by atoms with Gasteiger partial charge in [-0.05, 0) is 70.4 Å². The molecule has 0 aliphatic carbocycles. The molecule has 0 saturated carbocycles. The zero-order chi connectivity index (χ0) is 20.4. The first-order valence-electron chi connectivity index (χ1n) is 9.27. The third kappa shape index (κ3) is 4.31. The van der Waals surface area contributed by atoms with Crippen molar-refractivity contribution < 1.29 is 4.79 Å². The molecule has 0 spiro atoms. The highest BCUT2D eigenvalue weighted by Crippen LogP contribution is 2.33. The summed E-state index contributed by atoms with van der Waals surface area (Å²) in [6, 6.07) is 6.15. The molecule has 1 amide bonds. The molecule has 2 aromatic heterocycles. The van der Waals surface area contributed by atoms with Gasteiger partial charge < -0.3 is 5.32 Å². The Morgan fingerprint density at radius 2 is 1.93 bits per heavy atom. The molecule has 1 aromatic carbocycles. The molecule has 0 aliphatic heterocycles. The van der Waals surface area contributed by atoms with E-state index >= 15 is 0 Å². The lowest BCUT2D eigenvalue weighted by Gasteiger charge is -2.14. The first-order valence-corrected chi connectivity index (χ1v) is 11.1. The van der Waals surface area contributed by atoms with E-state index in [0.29, 0.717) is 5.75 Å². The van der Waals surface area contributed by atoms with Crippen molar-refractivity contribution in [2.24, 2.45) is 0 Å². The van der Waals surface area contributed by atoms with Gasteiger partial charge in [-0.15, -0.1) is 21.5 Å². The summed E-state index contributed by atoms with van der Waals surface area (Å²) in [5.41, 5.74) is 5.56. The number of hydrogen-bond donors (Lipinski definition) is 1. The maximum atomic E-state index is 12.4. The molecule has 0 aliphatic rings. The van der Waals surface area contributed by atoms with Gasteiger partial charge in [0.05, 0.1) is 5.75 Å². The van der Waals surface area contributed by atoms with Crippen molar-refractivity contribution in [3.63, 3.8) is 0 Å². The van der Waals surface area contributed by atoms with Crippen molar-refractivity contribution in [2.45, 2.75) is 52.7 Å². The van der Waals surface area contributed by atoms with E-state index in [2.05, 4.69) is 60.1 Å². The van der Waals surface area contributed by atoms with Crippen LogP contribution < -0.4 is 5.32 Å². The predicted molar refractivity (Wildman–Crippen MR) is 118 cm³/mol. The summed E-state index contributed by atoms with van der Waals surface area (Å²) < 4.78 is 2.11. The number of aromatic nitrogens is 3. The quantitative estimate of drug-likeness (QED) is 0.537. The Morgan fingerprint density at radius 1 is 1.18 bits per heavy atom. The van der Waals surface area contributed by atoms with Crippen LogP contribution in [0.3, 0.4) is 0 Å². The molecule has 0 fully saturated rings. The second-order valence-corrected chi connectivity index (χ2v) is 9.26. The van der Waals surface area contributed by atoms with Crippen LogP contribution in [0.1, 0.15) is 41.5 Å². The van der Waals surface area contributed by atoms with E-state index in [9.17, 15) is 4.79 Å². The van der Waals surface area contributed by atoms with Gasteiger partial charge in [0.25, 0.3) is 0 Å². The number of nitrogens with zero attached hydrogens (tertiary/aromatic N) is 3. The van der Waals surface area contributed by atoms with E-state index < -0.39 is 0 Å². The number of hydrogen-bond acceptors (Lipinski definition) is 5. The van der Waals surface area contributed by atoms with Crippen LogP contribution in [0.15, 0.2) is 28.7 Å². The van der Waals surface area contributed by atoms with Crippen LogP contribution in [-0.4, -0.2) is 26.4 Å². The predicted octanol–water partition coefficient (Wildman–Crippen LogP) is 5.55. The molecule has 0 unspecified atom stereocenters. The number of carbonyl (C=O) groups excluding carboxylic acids is 1. The highest BCUT2D eigenvalue weighted by Gasteiger charge is 2.20. The molecular weight excluding hydrogens is 388 g/mol. The minimum atomic E-state index is -0.0457. The van der Waals surface area contributed by atoms with Gasteiger partial charge in [-0.25, -0.2) is 0 Å². The van der Waals surface area contributed by atoms with Crippen LogP contribution in [0.25, 0.3) is 11.4 Å². The van der Waals surface area contributed by atoms with Crippen molar-refractivity contribution in [3.05, 3.63) is 45.1 Å². The molecule has 0 saturated heterocycles. The van der Waals surface area contributed by atoms with E-state index in [4.69, 9.17) is 0 Å². The fourth-order valence-corrected chi connectivity index (χ4v) is 4.64. The van der Waals surface area contributed by atoms with Crippen molar-refractivity contribution in [3.8, 4) is 11.4 Å². The van der Waals surface area contributed by atoms with Crippen LogP contribution in [0, 0.1) is 27.7 Å². The second kappa shape index (κ2) is 8.49.